The molecule has 17 heavy (non-hydrogen) atoms. The summed E-state index contributed by atoms with van der Waals surface area (Å²) in [6, 6.07) is 3.84. The standard InChI is InChI=1S/C13H19N3O/c1-4-12(17)9-13(12,15-5-2)16-11-7-6-8-14-10(11)3/h5-8,16-17H,4,9H2,1-3H3. The van der Waals surface area contributed by atoms with Gasteiger partial charge in [0, 0.05) is 12.6 Å². The summed E-state index contributed by atoms with van der Waals surface area (Å²) >= 11 is 0. The summed E-state index contributed by atoms with van der Waals surface area (Å²) in [5.74, 6) is 0. The van der Waals surface area contributed by atoms with Crippen LogP contribution in [0.1, 0.15) is 32.4 Å². The van der Waals surface area contributed by atoms with Gasteiger partial charge in [0.05, 0.1) is 11.4 Å². The highest BCUT2D eigenvalue weighted by atomic mass is 16.3. The van der Waals surface area contributed by atoms with Crippen LogP contribution in [0.15, 0.2) is 23.3 Å². The molecule has 1 aliphatic rings. The van der Waals surface area contributed by atoms with Crippen molar-refractivity contribution in [1.29, 1.82) is 0 Å². The van der Waals surface area contributed by atoms with E-state index >= 15 is 0 Å². The lowest BCUT2D eigenvalue weighted by atomic mass is 10.2. The van der Waals surface area contributed by atoms with Gasteiger partial charge in [0.2, 0.25) is 0 Å². The van der Waals surface area contributed by atoms with E-state index in [2.05, 4.69) is 15.3 Å². The van der Waals surface area contributed by atoms with Gasteiger partial charge in [0.25, 0.3) is 0 Å². The van der Waals surface area contributed by atoms with Gasteiger partial charge in [-0.3, -0.25) is 9.98 Å². The van der Waals surface area contributed by atoms with Crippen LogP contribution in [0, 0.1) is 6.92 Å². The Bertz CT molecular complexity index is 446. The highest BCUT2D eigenvalue weighted by Gasteiger charge is 2.66. The van der Waals surface area contributed by atoms with Crippen LogP contribution >= 0.6 is 0 Å². The zero-order chi connectivity index (χ0) is 12.5. The lowest BCUT2D eigenvalue weighted by Gasteiger charge is -2.20. The van der Waals surface area contributed by atoms with Gasteiger partial charge in [-0.15, -0.1) is 0 Å². The number of pyridine rings is 1. The van der Waals surface area contributed by atoms with E-state index in [0.717, 1.165) is 11.4 Å². The predicted octanol–water partition coefficient (Wildman–Crippen LogP) is 2.13. The van der Waals surface area contributed by atoms with Crippen LogP contribution in [0.4, 0.5) is 5.69 Å². The second kappa shape index (κ2) is 4.11. The predicted molar refractivity (Wildman–Crippen MR) is 69.4 cm³/mol. The molecule has 0 spiro atoms. The molecule has 2 unspecified atom stereocenters. The molecule has 1 aromatic heterocycles. The van der Waals surface area contributed by atoms with Crippen molar-refractivity contribution in [3.05, 3.63) is 24.0 Å². The fraction of sp³-hybridized carbons (Fsp3) is 0.538. The second-order valence-electron chi connectivity index (χ2n) is 4.57. The largest absolute Gasteiger partial charge is 0.385 e. The van der Waals surface area contributed by atoms with Crippen molar-refractivity contribution >= 4 is 11.9 Å². The molecule has 2 atom stereocenters. The van der Waals surface area contributed by atoms with Crippen molar-refractivity contribution in [3.63, 3.8) is 0 Å². The fourth-order valence-electron chi connectivity index (χ4n) is 2.21. The van der Waals surface area contributed by atoms with Crippen molar-refractivity contribution in [1.82, 2.24) is 4.98 Å². The second-order valence-corrected chi connectivity index (χ2v) is 4.57. The first-order valence-corrected chi connectivity index (χ1v) is 5.99. The lowest BCUT2D eigenvalue weighted by molar-refractivity contribution is 0.124. The Morgan fingerprint density at radius 1 is 1.65 bits per heavy atom. The van der Waals surface area contributed by atoms with Crippen molar-refractivity contribution in [2.45, 2.75) is 44.9 Å². The summed E-state index contributed by atoms with van der Waals surface area (Å²) in [6.45, 7) is 5.79. The number of anilines is 1. The van der Waals surface area contributed by atoms with E-state index < -0.39 is 11.3 Å². The van der Waals surface area contributed by atoms with Gasteiger partial charge in [-0.25, -0.2) is 0 Å². The van der Waals surface area contributed by atoms with Gasteiger partial charge < -0.3 is 10.4 Å². The molecule has 1 fully saturated rings. The molecule has 0 aromatic carbocycles. The maximum atomic E-state index is 10.3. The fourth-order valence-corrected chi connectivity index (χ4v) is 2.21. The molecule has 0 bridgehead atoms. The van der Waals surface area contributed by atoms with E-state index in [-0.39, 0.29) is 0 Å². The van der Waals surface area contributed by atoms with Crippen LogP contribution in [-0.2, 0) is 0 Å². The highest BCUT2D eigenvalue weighted by molar-refractivity contribution is 5.60. The lowest BCUT2D eigenvalue weighted by Crippen LogP contribution is -2.32. The minimum Gasteiger partial charge on any atom is -0.385 e. The summed E-state index contributed by atoms with van der Waals surface area (Å²) in [4.78, 5) is 8.64. The van der Waals surface area contributed by atoms with Gasteiger partial charge in [-0.2, -0.15) is 0 Å². The van der Waals surface area contributed by atoms with Gasteiger partial charge in [0.15, 0.2) is 5.66 Å². The van der Waals surface area contributed by atoms with Crippen molar-refractivity contribution in [2.24, 2.45) is 4.99 Å². The first-order chi connectivity index (χ1) is 8.07. The molecule has 2 rings (SSSR count). The maximum Gasteiger partial charge on any atom is 0.161 e. The number of nitrogens with one attached hydrogen (secondary N) is 1. The smallest absolute Gasteiger partial charge is 0.161 e. The number of hydrogen-bond donors (Lipinski definition) is 2. The van der Waals surface area contributed by atoms with Crippen LogP contribution in [0.2, 0.25) is 0 Å². The molecule has 0 amide bonds. The van der Waals surface area contributed by atoms with Crippen molar-refractivity contribution < 1.29 is 5.11 Å². The minimum absolute atomic E-state index is 0.565. The normalized spacial score (nSPS) is 31.8. The van der Waals surface area contributed by atoms with Crippen LogP contribution in [0.25, 0.3) is 0 Å². The third-order valence-electron chi connectivity index (χ3n) is 3.48. The van der Waals surface area contributed by atoms with E-state index in [9.17, 15) is 5.11 Å². The van der Waals surface area contributed by atoms with Gasteiger partial charge in [-0.1, -0.05) is 6.92 Å². The number of aliphatic imine (C=N–C) groups is 1. The Morgan fingerprint density at radius 3 is 2.94 bits per heavy atom. The Kier molecular flexibility index (Phi) is 2.91. The molecule has 1 saturated carbocycles. The van der Waals surface area contributed by atoms with Crippen LogP contribution in [0.3, 0.4) is 0 Å². The highest BCUT2D eigenvalue weighted by Crippen LogP contribution is 2.53. The molecule has 0 saturated heterocycles. The topological polar surface area (TPSA) is 57.5 Å². The van der Waals surface area contributed by atoms with Crippen LogP contribution < -0.4 is 5.32 Å². The average Bonchev–Trinajstić information content (AvgIpc) is 2.88. The number of aliphatic hydroxyl groups is 1. The van der Waals surface area contributed by atoms with Gasteiger partial charge in [-0.05, 0) is 38.6 Å². The maximum absolute atomic E-state index is 10.3. The molecule has 2 N–H and O–H groups in total. The third-order valence-corrected chi connectivity index (χ3v) is 3.48. The zero-order valence-electron chi connectivity index (χ0n) is 10.6. The quantitative estimate of drug-likeness (QED) is 0.783. The molecule has 1 aliphatic carbocycles. The molecular formula is C13H19N3O. The monoisotopic (exact) mass is 233 g/mol. The summed E-state index contributed by atoms with van der Waals surface area (Å²) < 4.78 is 0. The van der Waals surface area contributed by atoms with Crippen molar-refractivity contribution in [2.75, 3.05) is 5.32 Å². The molecule has 0 radical (unpaired) electrons. The van der Waals surface area contributed by atoms with Gasteiger partial charge >= 0.3 is 0 Å². The van der Waals surface area contributed by atoms with E-state index in [1.54, 1.807) is 12.4 Å². The zero-order valence-corrected chi connectivity index (χ0v) is 10.6. The van der Waals surface area contributed by atoms with E-state index in [1.807, 2.05) is 32.9 Å². The van der Waals surface area contributed by atoms with Gasteiger partial charge in [0.1, 0.15) is 5.60 Å². The molecule has 92 valence electrons. The average molecular weight is 233 g/mol. The number of rotatable bonds is 4. The number of nitrogens with zero attached hydrogens (tertiary/aromatic N) is 2. The Morgan fingerprint density at radius 2 is 2.41 bits per heavy atom. The Balaban J connectivity index is 2.25. The van der Waals surface area contributed by atoms with E-state index in [1.165, 1.54) is 0 Å². The molecule has 0 aliphatic heterocycles. The minimum atomic E-state index is -0.734. The van der Waals surface area contributed by atoms with E-state index in [4.69, 9.17) is 0 Å². The SMILES string of the molecule is CC=NC1(Nc2cccnc2C)CC1(O)CC. The van der Waals surface area contributed by atoms with E-state index in [0.29, 0.717) is 12.8 Å². The first kappa shape index (κ1) is 12.0. The molecule has 1 aromatic rings. The van der Waals surface area contributed by atoms with Crippen LogP contribution in [0.5, 0.6) is 0 Å². The van der Waals surface area contributed by atoms with Crippen molar-refractivity contribution in [3.8, 4) is 0 Å². The third kappa shape index (κ3) is 1.93. The summed E-state index contributed by atoms with van der Waals surface area (Å²) in [5.41, 5.74) is 0.553. The molecule has 1 heterocycles. The summed E-state index contributed by atoms with van der Waals surface area (Å²) in [5, 5.41) is 13.7. The molecular weight excluding hydrogens is 214 g/mol. The van der Waals surface area contributed by atoms with Crippen LogP contribution in [-0.4, -0.2) is 27.6 Å². The Labute approximate surface area is 102 Å². The number of aryl methyl sites for hydroxylation is 1. The number of hydrogen-bond acceptors (Lipinski definition) is 4. The molecule has 4 heteroatoms. The Hall–Kier alpha value is -1.42. The number of aromatic nitrogens is 1. The summed E-state index contributed by atoms with van der Waals surface area (Å²) in [6.07, 6.45) is 4.84. The molecule has 4 nitrogen and oxygen atoms in total. The summed E-state index contributed by atoms with van der Waals surface area (Å²) in [7, 11) is 0. The first-order valence-electron chi connectivity index (χ1n) is 5.99.